The van der Waals surface area contributed by atoms with E-state index in [1.807, 2.05) is 23.6 Å². The lowest BCUT2D eigenvalue weighted by Gasteiger charge is -2.11. The minimum absolute atomic E-state index is 0.241. The van der Waals surface area contributed by atoms with E-state index >= 15 is 0 Å². The maximum atomic E-state index is 12.3. The molecule has 0 amide bonds. The van der Waals surface area contributed by atoms with Gasteiger partial charge in [0.05, 0.1) is 16.8 Å². The van der Waals surface area contributed by atoms with Crippen LogP contribution in [0.15, 0.2) is 63.9 Å². The van der Waals surface area contributed by atoms with Crippen LogP contribution in [0.5, 0.6) is 0 Å². The van der Waals surface area contributed by atoms with Gasteiger partial charge < -0.3 is 0 Å². The molecule has 0 fully saturated rings. The number of nitrogens with zero attached hydrogens (tertiary/aromatic N) is 3. The van der Waals surface area contributed by atoms with E-state index < -0.39 is 10.0 Å². The van der Waals surface area contributed by atoms with Crippen molar-refractivity contribution < 1.29 is 8.42 Å². The van der Waals surface area contributed by atoms with Gasteiger partial charge in [0.25, 0.3) is 0 Å². The topological polar surface area (TPSA) is 74.7 Å². The van der Waals surface area contributed by atoms with Gasteiger partial charge in [0, 0.05) is 25.0 Å². The van der Waals surface area contributed by atoms with E-state index in [0.717, 1.165) is 11.1 Å². The molecule has 2 aromatic carbocycles. The number of benzene rings is 2. The molecule has 0 aliphatic carbocycles. The summed E-state index contributed by atoms with van der Waals surface area (Å²) in [5, 5.41) is 6.75. The first-order valence-electron chi connectivity index (χ1n) is 9.15. The van der Waals surface area contributed by atoms with Crippen molar-refractivity contribution in [2.45, 2.75) is 24.7 Å². The number of hydrogen-bond donors (Lipinski definition) is 1. The SMILES string of the molecule is CC(C)c1ccc(/C=N/Nc2nc(-c3cccc(S(=O)(=O)N(C)C)c3)cs2)cc1. The number of hydrogen-bond acceptors (Lipinski definition) is 6. The lowest BCUT2D eigenvalue weighted by Crippen LogP contribution is -2.22. The van der Waals surface area contributed by atoms with Crippen LogP contribution in [0.25, 0.3) is 11.3 Å². The Kier molecular flexibility index (Phi) is 6.46. The van der Waals surface area contributed by atoms with Gasteiger partial charge in [0.2, 0.25) is 15.2 Å². The zero-order chi connectivity index (χ0) is 21.0. The molecule has 6 nitrogen and oxygen atoms in total. The lowest BCUT2D eigenvalue weighted by atomic mass is 10.0. The molecule has 0 atom stereocenters. The molecule has 0 unspecified atom stereocenters. The van der Waals surface area contributed by atoms with Crippen LogP contribution in [0, 0.1) is 0 Å². The van der Waals surface area contributed by atoms with E-state index in [-0.39, 0.29) is 4.90 Å². The van der Waals surface area contributed by atoms with Gasteiger partial charge in [0.15, 0.2) is 0 Å². The molecule has 3 aromatic rings. The summed E-state index contributed by atoms with van der Waals surface area (Å²) in [5.74, 6) is 0.499. The summed E-state index contributed by atoms with van der Waals surface area (Å²) in [7, 11) is -0.454. The maximum Gasteiger partial charge on any atom is 0.242 e. The van der Waals surface area contributed by atoms with Gasteiger partial charge in [-0.2, -0.15) is 5.10 Å². The van der Waals surface area contributed by atoms with Crippen LogP contribution in [0.3, 0.4) is 0 Å². The molecule has 0 aliphatic heterocycles. The second-order valence-corrected chi connectivity index (χ2v) is 10.1. The predicted octanol–water partition coefficient (Wildman–Crippen LogP) is 4.63. The van der Waals surface area contributed by atoms with E-state index in [2.05, 4.69) is 41.5 Å². The maximum absolute atomic E-state index is 12.3. The molecule has 29 heavy (non-hydrogen) atoms. The second-order valence-electron chi connectivity index (χ2n) is 7.04. The number of sulfonamides is 1. The molecule has 1 N–H and O–H groups in total. The normalized spacial score (nSPS) is 12.2. The van der Waals surface area contributed by atoms with Gasteiger partial charge in [-0.15, -0.1) is 11.3 Å². The summed E-state index contributed by atoms with van der Waals surface area (Å²) in [4.78, 5) is 4.74. The van der Waals surface area contributed by atoms with Crippen molar-refractivity contribution in [1.29, 1.82) is 0 Å². The summed E-state index contributed by atoms with van der Waals surface area (Å²) >= 11 is 1.41. The molecule has 1 aromatic heterocycles. The Labute approximate surface area is 176 Å². The third-order valence-corrected chi connectivity index (χ3v) is 6.95. The molecule has 0 saturated carbocycles. The molecule has 152 valence electrons. The fourth-order valence-electron chi connectivity index (χ4n) is 2.61. The number of nitrogens with one attached hydrogen (secondary N) is 1. The first-order chi connectivity index (χ1) is 13.8. The summed E-state index contributed by atoms with van der Waals surface area (Å²) in [6.07, 6.45) is 1.75. The fraction of sp³-hybridized carbons (Fsp3) is 0.238. The van der Waals surface area contributed by atoms with Crippen LogP contribution in [0.4, 0.5) is 5.13 Å². The zero-order valence-electron chi connectivity index (χ0n) is 16.8. The van der Waals surface area contributed by atoms with Gasteiger partial charge in [0.1, 0.15) is 0 Å². The number of hydrazone groups is 1. The minimum atomic E-state index is -3.48. The summed E-state index contributed by atoms with van der Waals surface area (Å²) in [6.45, 7) is 4.33. The van der Waals surface area contributed by atoms with Gasteiger partial charge in [-0.25, -0.2) is 17.7 Å². The highest BCUT2D eigenvalue weighted by Gasteiger charge is 2.18. The Morgan fingerprint density at radius 3 is 2.52 bits per heavy atom. The molecule has 0 radical (unpaired) electrons. The van der Waals surface area contributed by atoms with Crippen molar-refractivity contribution in [2.75, 3.05) is 19.5 Å². The van der Waals surface area contributed by atoms with Crippen LogP contribution >= 0.6 is 11.3 Å². The Balaban J connectivity index is 1.71. The van der Waals surface area contributed by atoms with Crippen LogP contribution < -0.4 is 5.43 Å². The molecule has 0 bridgehead atoms. The Bertz CT molecular complexity index is 1100. The Morgan fingerprint density at radius 2 is 1.86 bits per heavy atom. The van der Waals surface area contributed by atoms with Crippen molar-refractivity contribution in [3.63, 3.8) is 0 Å². The number of aromatic nitrogens is 1. The third-order valence-electron chi connectivity index (χ3n) is 4.39. The van der Waals surface area contributed by atoms with E-state index in [9.17, 15) is 8.42 Å². The second kappa shape index (κ2) is 8.86. The fourth-order valence-corrected chi connectivity index (χ4v) is 4.23. The molecule has 1 heterocycles. The Hall–Kier alpha value is -2.55. The van der Waals surface area contributed by atoms with Crippen LogP contribution in [-0.2, 0) is 10.0 Å². The van der Waals surface area contributed by atoms with Crippen molar-refractivity contribution >= 4 is 32.7 Å². The number of anilines is 1. The number of rotatable bonds is 7. The van der Waals surface area contributed by atoms with Crippen LogP contribution in [0.1, 0.15) is 30.9 Å². The van der Waals surface area contributed by atoms with Gasteiger partial charge in [-0.05, 0) is 29.2 Å². The van der Waals surface area contributed by atoms with Crippen molar-refractivity contribution in [2.24, 2.45) is 5.10 Å². The van der Waals surface area contributed by atoms with Crippen LogP contribution in [-0.4, -0.2) is 38.0 Å². The van der Waals surface area contributed by atoms with Gasteiger partial charge in [-0.1, -0.05) is 50.2 Å². The highest BCUT2D eigenvalue weighted by molar-refractivity contribution is 7.89. The molecule has 0 spiro atoms. The average Bonchev–Trinajstić information content (AvgIpc) is 3.17. The van der Waals surface area contributed by atoms with Gasteiger partial charge >= 0.3 is 0 Å². The van der Waals surface area contributed by atoms with Crippen molar-refractivity contribution in [3.8, 4) is 11.3 Å². The van der Waals surface area contributed by atoms with E-state index in [0.29, 0.717) is 16.7 Å². The smallest absolute Gasteiger partial charge is 0.242 e. The quantitative estimate of drug-likeness (QED) is 0.440. The van der Waals surface area contributed by atoms with Gasteiger partial charge in [-0.3, -0.25) is 5.43 Å². The molecule has 0 saturated heterocycles. The monoisotopic (exact) mass is 428 g/mol. The highest BCUT2D eigenvalue weighted by Crippen LogP contribution is 2.27. The predicted molar refractivity (Wildman–Crippen MR) is 120 cm³/mol. The number of thiazole rings is 1. The summed E-state index contributed by atoms with van der Waals surface area (Å²) in [5.41, 5.74) is 6.66. The highest BCUT2D eigenvalue weighted by atomic mass is 32.2. The van der Waals surface area contributed by atoms with E-state index in [4.69, 9.17) is 0 Å². The molecule has 0 aliphatic rings. The molecule has 8 heteroatoms. The first kappa shape index (κ1) is 21.2. The average molecular weight is 429 g/mol. The molecule has 3 rings (SSSR count). The van der Waals surface area contributed by atoms with E-state index in [1.165, 1.54) is 35.3 Å². The Morgan fingerprint density at radius 1 is 1.14 bits per heavy atom. The zero-order valence-corrected chi connectivity index (χ0v) is 18.5. The summed E-state index contributed by atoms with van der Waals surface area (Å²) < 4.78 is 25.9. The van der Waals surface area contributed by atoms with Crippen molar-refractivity contribution in [1.82, 2.24) is 9.29 Å². The largest absolute Gasteiger partial charge is 0.253 e. The standard InChI is InChI=1S/C21H24N4O2S2/c1-15(2)17-10-8-16(9-11-17)13-22-24-21-23-20(14-28-21)18-6-5-7-19(12-18)29(26,27)25(3)4/h5-15H,1-4H3,(H,23,24)/b22-13+. The lowest BCUT2D eigenvalue weighted by molar-refractivity contribution is 0.521. The van der Waals surface area contributed by atoms with Crippen LogP contribution in [0.2, 0.25) is 0 Å². The molecular weight excluding hydrogens is 404 g/mol. The first-order valence-corrected chi connectivity index (χ1v) is 11.5. The third kappa shape index (κ3) is 5.09. The van der Waals surface area contributed by atoms with Crippen molar-refractivity contribution in [3.05, 3.63) is 65.0 Å². The van der Waals surface area contributed by atoms with E-state index in [1.54, 1.807) is 24.4 Å². The summed E-state index contributed by atoms with van der Waals surface area (Å²) in [6, 6.07) is 15.0. The minimum Gasteiger partial charge on any atom is -0.253 e. The molecular formula is C21H24N4O2S2.